The van der Waals surface area contributed by atoms with Crippen molar-refractivity contribution in [3.05, 3.63) is 30.3 Å². The minimum absolute atomic E-state index is 0.0132. The second-order valence-electron chi connectivity index (χ2n) is 6.30. The number of nitrogens with one attached hydrogen (secondary N) is 2. The number of anilines is 1. The number of nitrogens with zero attached hydrogens (tertiary/aromatic N) is 1. The first-order valence-corrected chi connectivity index (χ1v) is 8.80. The van der Waals surface area contributed by atoms with Gasteiger partial charge in [0.1, 0.15) is 6.10 Å². The van der Waals surface area contributed by atoms with Gasteiger partial charge in [0.05, 0.1) is 0 Å². The molecule has 1 aliphatic heterocycles. The molecular formula is C18H27N3O4. The van der Waals surface area contributed by atoms with Gasteiger partial charge in [-0.25, -0.2) is 4.79 Å². The molecule has 0 saturated carbocycles. The van der Waals surface area contributed by atoms with Crippen LogP contribution in [0.5, 0.6) is 0 Å². The lowest BCUT2D eigenvalue weighted by atomic mass is 10.0. The van der Waals surface area contributed by atoms with Crippen LogP contribution in [-0.4, -0.2) is 58.9 Å². The number of para-hydroxylation sites is 1. The largest absolute Gasteiger partial charge is 0.396 e. The molecule has 25 heavy (non-hydrogen) atoms. The number of likely N-dealkylation sites (tertiary alicyclic amines) is 1. The molecule has 0 radical (unpaired) electrons. The lowest BCUT2D eigenvalue weighted by Crippen LogP contribution is -2.49. The van der Waals surface area contributed by atoms with Gasteiger partial charge in [0.15, 0.2) is 0 Å². The number of hydrogen-bond donors (Lipinski definition) is 4. The molecule has 1 aromatic rings. The summed E-state index contributed by atoms with van der Waals surface area (Å²) in [6.07, 6.45) is 1.91. The molecule has 1 saturated heterocycles. The summed E-state index contributed by atoms with van der Waals surface area (Å²) < 4.78 is 0. The van der Waals surface area contributed by atoms with Gasteiger partial charge in [0, 0.05) is 31.4 Å². The fraction of sp³-hybridized carbons (Fsp3) is 0.556. The van der Waals surface area contributed by atoms with Gasteiger partial charge >= 0.3 is 6.03 Å². The quantitative estimate of drug-likeness (QED) is 0.558. The Morgan fingerprint density at radius 1 is 1.16 bits per heavy atom. The first kappa shape index (κ1) is 19.2. The van der Waals surface area contributed by atoms with Crippen molar-refractivity contribution in [2.75, 3.05) is 25.0 Å². The molecule has 4 N–H and O–H groups in total. The molecule has 1 atom stereocenters. The summed E-state index contributed by atoms with van der Waals surface area (Å²) in [4.78, 5) is 25.8. The van der Waals surface area contributed by atoms with E-state index in [0.29, 0.717) is 45.2 Å². The molecule has 7 heteroatoms. The number of urea groups is 1. The summed E-state index contributed by atoms with van der Waals surface area (Å²) in [5, 5.41) is 24.4. The van der Waals surface area contributed by atoms with Crippen LogP contribution in [0.4, 0.5) is 10.5 Å². The molecule has 2 rings (SSSR count). The molecule has 138 valence electrons. The molecular weight excluding hydrogens is 322 g/mol. The van der Waals surface area contributed by atoms with E-state index < -0.39 is 6.10 Å². The van der Waals surface area contributed by atoms with Crippen molar-refractivity contribution in [3.8, 4) is 0 Å². The maximum atomic E-state index is 12.2. The maximum absolute atomic E-state index is 12.2. The van der Waals surface area contributed by atoms with Crippen LogP contribution >= 0.6 is 0 Å². The number of aliphatic hydroxyl groups excluding tert-OH is 2. The Hall–Kier alpha value is -2.12. The maximum Gasteiger partial charge on any atom is 0.319 e. The molecule has 0 spiro atoms. The molecule has 1 unspecified atom stereocenters. The van der Waals surface area contributed by atoms with Crippen molar-refractivity contribution < 1.29 is 19.8 Å². The predicted molar refractivity (Wildman–Crippen MR) is 95.1 cm³/mol. The minimum Gasteiger partial charge on any atom is -0.396 e. The van der Waals surface area contributed by atoms with Gasteiger partial charge in [-0.1, -0.05) is 18.2 Å². The zero-order chi connectivity index (χ0) is 18.1. The highest BCUT2D eigenvalue weighted by Crippen LogP contribution is 2.14. The highest BCUT2D eigenvalue weighted by atomic mass is 16.3. The fourth-order valence-electron chi connectivity index (χ4n) is 2.90. The average molecular weight is 349 g/mol. The van der Waals surface area contributed by atoms with Crippen molar-refractivity contribution in [2.45, 2.75) is 44.2 Å². The van der Waals surface area contributed by atoms with E-state index in [2.05, 4.69) is 10.6 Å². The molecule has 0 aliphatic carbocycles. The molecule has 1 fully saturated rings. The monoisotopic (exact) mass is 349 g/mol. The minimum atomic E-state index is -1.00. The van der Waals surface area contributed by atoms with E-state index in [1.165, 1.54) is 0 Å². The number of aliphatic hydroxyl groups is 2. The Balaban J connectivity index is 1.70. The van der Waals surface area contributed by atoms with Gasteiger partial charge in [-0.15, -0.1) is 0 Å². The molecule has 0 aromatic heterocycles. The molecule has 0 bridgehead atoms. The summed E-state index contributed by atoms with van der Waals surface area (Å²) in [5.74, 6) is -0.259. The highest BCUT2D eigenvalue weighted by Gasteiger charge is 2.27. The van der Waals surface area contributed by atoms with Crippen LogP contribution in [0, 0.1) is 0 Å². The Labute approximate surface area is 148 Å². The number of hydrogen-bond acceptors (Lipinski definition) is 4. The highest BCUT2D eigenvalue weighted by molar-refractivity contribution is 5.89. The topological polar surface area (TPSA) is 102 Å². The second kappa shape index (κ2) is 10.0. The summed E-state index contributed by atoms with van der Waals surface area (Å²) in [7, 11) is 0. The molecule has 1 aliphatic rings. The average Bonchev–Trinajstić information content (AvgIpc) is 2.62. The first-order valence-electron chi connectivity index (χ1n) is 8.80. The van der Waals surface area contributed by atoms with E-state index in [1.54, 1.807) is 4.90 Å². The van der Waals surface area contributed by atoms with Crippen molar-refractivity contribution in [2.24, 2.45) is 0 Å². The standard InChI is InChI=1S/C18H27N3O4/c22-13-5-4-8-16(23)17(24)21-11-9-15(10-12-21)20-18(25)19-14-6-2-1-3-7-14/h1-3,6-7,15-16,22-23H,4-5,8-13H2,(H2,19,20,25). The molecule has 1 aromatic carbocycles. The van der Waals surface area contributed by atoms with E-state index in [4.69, 9.17) is 5.11 Å². The third kappa shape index (κ3) is 6.36. The van der Waals surface area contributed by atoms with Crippen LogP contribution in [0.2, 0.25) is 0 Å². The Bertz CT molecular complexity index is 545. The Morgan fingerprint density at radius 2 is 1.84 bits per heavy atom. The number of benzene rings is 1. The van der Waals surface area contributed by atoms with E-state index in [0.717, 1.165) is 5.69 Å². The number of carbonyl (C=O) groups excluding carboxylic acids is 2. The van der Waals surface area contributed by atoms with Crippen LogP contribution < -0.4 is 10.6 Å². The van der Waals surface area contributed by atoms with Crippen LogP contribution in [0.25, 0.3) is 0 Å². The third-order valence-corrected chi connectivity index (χ3v) is 4.34. The van der Waals surface area contributed by atoms with Gasteiger partial charge in [-0.05, 0) is 44.2 Å². The lowest BCUT2D eigenvalue weighted by molar-refractivity contribution is -0.141. The van der Waals surface area contributed by atoms with Crippen LogP contribution in [0.3, 0.4) is 0 Å². The van der Waals surface area contributed by atoms with E-state index in [1.807, 2.05) is 30.3 Å². The van der Waals surface area contributed by atoms with Crippen LogP contribution in [0.1, 0.15) is 32.1 Å². The van der Waals surface area contributed by atoms with E-state index in [-0.39, 0.29) is 24.6 Å². The van der Waals surface area contributed by atoms with Crippen molar-refractivity contribution >= 4 is 17.6 Å². The Kier molecular flexibility index (Phi) is 7.69. The van der Waals surface area contributed by atoms with E-state index in [9.17, 15) is 14.7 Å². The van der Waals surface area contributed by atoms with Crippen molar-refractivity contribution in [1.29, 1.82) is 0 Å². The summed E-state index contributed by atoms with van der Waals surface area (Å²) in [5.41, 5.74) is 0.735. The lowest BCUT2D eigenvalue weighted by Gasteiger charge is -2.33. The summed E-state index contributed by atoms with van der Waals surface area (Å²) in [6, 6.07) is 8.99. The second-order valence-corrected chi connectivity index (χ2v) is 6.30. The predicted octanol–water partition coefficient (Wildman–Crippen LogP) is 1.32. The van der Waals surface area contributed by atoms with Gasteiger partial charge < -0.3 is 25.7 Å². The zero-order valence-electron chi connectivity index (χ0n) is 14.4. The normalized spacial score (nSPS) is 16.3. The SMILES string of the molecule is O=C(Nc1ccccc1)NC1CCN(C(=O)C(O)CCCCO)CC1. The molecule has 7 nitrogen and oxygen atoms in total. The van der Waals surface area contributed by atoms with Crippen LogP contribution in [-0.2, 0) is 4.79 Å². The first-order chi connectivity index (χ1) is 12.1. The third-order valence-electron chi connectivity index (χ3n) is 4.34. The number of piperidine rings is 1. The van der Waals surface area contributed by atoms with Crippen molar-refractivity contribution in [3.63, 3.8) is 0 Å². The number of amides is 3. The smallest absolute Gasteiger partial charge is 0.319 e. The summed E-state index contributed by atoms with van der Waals surface area (Å²) >= 11 is 0. The van der Waals surface area contributed by atoms with Gasteiger partial charge in [0.25, 0.3) is 5.91 Å². The Morgan fingerprint density at radius 3 is 2.48 bits per heavy atom. The molecule has 1 heterocycles. The zero-order valence-corrected chi connectivity index (χ0v) is 14.4. The number of unbranched alkanes of at least 4 members (excludes halogenated alkanes) is 1. The van der Waals surface area contributed by atoms with Gasteiger partial charge in [-0.2, -0.15) is 0 Å². The number of rotatable bonds is 7. The van der Waals surface area contributed by atoms with Crippen molar-refractivity contribution in [1.82, 2.24) is 10.2 Å². The fourth-order valence-corrected chi connectivity index (χ4v) is 2.90. The summed E-state index contributed by atoms with van der Waals surface area (Å²) in [6.45, 7) is 1.11. The van der Waals surface area contributed by atoms with Gasteiger partial charge in [0.2, 0.25) is 0 Å². The van der Waals surface area contributed by atoms with E-state index >= 15 is 0 Å². The number of carbonyl (C=O) groups is 2. The van der Waals surface area contributed by atoms with Gasteiger partial charge in [-0.3, -0.25) is 4.79 Å². The molecule has 3 amide bonds. The van der Waals surface area contributed by atoms with Crippen LogP contribution in [0.15, 0.2) is 30.3 Å².